The van der Waals surface area contributed by atoms with Gasteiger partial charge in [0.25, 0.3) is 11.2 Å². The molecule has 0 bridgehead atoms. The Balaban J connectivity index is 1.88. The van der Waals surface area contributed by atoms with Gasteiger partial charge in [0.2, 0.25) is 5.91 Å². The average molecular weight is 360 g/mol. The molecule has 0 saturated heterocycles. The van der Waals surface area contributed by atoms with Gasteiger partial charge in [-0.25, -0.2) is 13.8 Å². The van der Waals surface area contributed by atoms with Crippen molar-refractivity contribution in [3.63, 3.8) is 0 Å². The minimum absolute atomic E-state index is 0.0255. The van der Waals surface area contributed by atoms with Crippen LogP contribution < -0.4 is 10.9 Å². The summed E-state index contributed by atoms with van der Waals surface area (Å²) in [5.41, 5.74) is -0.948. The molecule has 1 heterocycles. The summed E-state index contributed by atoms with van der Waals surface area (Å²) in [5.74, 6) is -2.50. The van der Waals surface area contributed by atoms with Crippen LogP contribution in [0, 0.1) is 21.7 Å². The number of aromatic nitrogens is 2. The maximum Gasteiger partial charge on any atom is 0.270 e. The smallest absolute Gasteiger partial charge is 0.270 e. The second-order valence-electron chi connectivity index (χ2n) is 5.31. The maximum absolute atomic E-state index is 13.6. The number of halogens is 2. The van der Waals surface area contributed by atoms with E-state index in [0.717, 1.165) is 29.1 Å². The summed E-state index contributed by atoms with van der Waals surface area (Å²) in [7, 11) is 0. The molecule has 10 heteroatoms. The molecular weight excluding hydrogens is 350 g/mol. The van der Waals surface area contributed by atoms with E-state index in [4.69, 9.17) is 0 Å². The quantitative estimate of drug-likeness (QED) is 0.567. The molecule has 3 aromatic rings. The van der Waals surface area contributed by atoms with Gasteiger partial charge in [0, 0.05) is 18.2 Å². The molecular formula is C16H10F2N4O4. The Bertz CT molecular complexity index is 1100. The summed E-state index contributed by atoms with van der Waals surface area (Å²) in [6, 6.07) is 6.24. The molecule has 3 rings (SSSR count). The van der Waals surface area contributed by atoms with E-state index in [-0.39, 0.29) is 22.3 Å². The van der Waals surface area contributed by atoms with Gasteiger partial charge in [-0.1, -0.05) is 0 Å². The Morgan fingerprint density at radius 3 is 2.69 bits per heavy atom. The highest BCUT2D eigenvalue weighted by molar-refractivity contribution is 5.91. The highest BCUT2D eigenvalue weighted by Crippen LogP contribution is 2.17. The summed E-state index contributed by atoms with van der Waals surface area (Å²) >= 11 is 0. The number of hydrogen-bond acceptors (Lipinski definition) is 5. The first-order chi connectivity index (χ1) is 12.3. The fraction of sp³-hybridized carbons (Fsp3) is 0.0625. The lowest BCUT2D eigenvalue weighted by Gasteiger charge is -2.08. The number of nitrogens with zero attached hydrogens (tertiary/aromatic N) is 3. The summed E-state index contributed by atoms with van der Waals surface area (Å²) in [5, 5.41) is 13.0. The van der Waals surface area contributed by atoms with Crippen molar-refractivity contribution in [2.75, 3.05) is 5.32 Å². The predicted molar refractivity (Wildman–Crippen MR) is 87.6 cm³/mol. The zero-order valence-corrected chi connectivity index (χ0v) is 13.0. The van der Waals surface area contributed by atoms with E-state index in [0.29, 0.717) is 6.07 Å². The van der Waals surface area contributed by atoms with E-state index in [1.807, 2.05) is 0 Å². The molecule has 0 spiro atoms. The van der Waals surface area contributed by atoms with Gasteiger partial charge in [-0.05, 0) is 18.2 Å². The van der Waals surface area contributed by atoms with E-state index >= 15 is 0 Å². The summed E-state index contributed by atoms with van der Waals surface area (Å²) in [4.78, 5) is 38.6. The third kappa shape index (κ3) is 3.38. The zero-order valence-electron chi connectivity index (χ0n) is 13.0. The van der Waals surface area contributed by atoms with Crippen LogP contribution in [0.2, 0.25) is 0 Å². The zero-order chi connectivity index (χ0) is 18.8. The second kappa shape index (κ2) is 6.67. The summed E-state index contributed by atoms with van der Waals surface area (Å²) in [6.07, 6.45) is 1.11. The lowest BCUT2D eigenvalue weighted by Crippen LogP contribution is -2.28. The number of anilines is 1. The second-order valence-corrected chi connectivity index (χ2v) is 5.31. The van der Waals surface area contributed by atoms with Crippen molar-refractivity contribution in [1.29, 1.82) is 0 Å². The number of fused-ring (bicyclic) bond motifs is 1. The molecule has 0 saturated carbocycles. The van der Waals surface area contributed by atoms with Crippen molar-refractivity contribution in [3.05, 3.63) is 74.8 Å². The van der Waals surface area contributed by atoms with E-state index < -0.39 is 34.6 Å². The van der Waals surface area contributed by atoms with Crippen molar-refractivity contribution in [2.45, 2.75) is 6.54 Å². The van der Waals surface area contributed by atoms with Gasteiger partial charge in [0.15, 0.2) is 0 Å². The van der Waals surface area contributed by atoms with Crippen molar-refractivity contribution in [1.82, 2.24) is 9.55 Å². The molecule has 0 atom stereocenters. The van der Waals surface area contributed by atoms with Gasteiger partial charge < -0.3 is 5.32 Å². The predicted octanol–water partition coefficient (Wildman–Crippen LogP) is 2.22. The molecule has 8 nitrogen and oxygen atoms in total. The third-order valence-electron chi connectivity index (χ3n) is 3.54. The molecule has 26 heavy (non-hydrogen) atoms. The van der Waals surface area contributed by atoms with Crippen molar-refractivity contribution in [2.24, 2.45) is 0 Å². The van der Waals surface area contributed by atoms with Crippen LogP contribution in [0.3, 0.4) is 0 Å². The van der Waals surface area contributed by atoms with Gasteiger partial charge in [0.05, 0.1) is 27.8 Å². The standard InChI is InChI=1S/C16H10F2N4O4/c17-9-1-3-14(12(18)5-9)20-15(23)7-21-8-19-13-4-2-10(22(25)26)6-11(13)16(21)24/h1-6,8H,7H2,(H,20,23). The Morgan fingerprint density at radius 2 is 2.00 bits per heavy atom. The molecule has 2 aromatic carbocycles. The van der Waals surface area contributed by atoms with Crippen LogP contribution in [0.5, 0.6) is 0 Å². The van der Waals surface area contributed by atoms with Crippen LogP contribution in [0.1, 0.15) is 0 Å². The fourth-order valence-electron chi connectivity index (χ4n) is 2.31. The van der Waals surface area contributed by atoms with Gasteiger partial charge in [-0.3, -0.25) is 24.3 Å². The third-order valence-corrected chi connectivity index (χ3v) is 3.54. The molecule has 0 fully saturated rings. The number of rotatable bonds is 4. The Morgan fingerprint density at radius 1 is 1.23 bits per heavy atom. The lowest BCUT2D eigenvalue weighted by atomic mass is 10.2. The Kier molecular flexibility index (Phi) is 4.40. The van der Waals surface area contributed by atoms with Crippen LogP contribution in [0.15, 0.2) is 47.5 Å². The molecule has 0 radical (unpaired) electrons. The van der Waals surface area contributed by atoms with Crippen LogP contribution in [0.25, 0.3) is 10.9 Å². The molecule has 0 aliphatic carbocycles. The van der Waals surface area contributed by atoms with E-state index in [1.165, 1.54) is 12.1 Å². The summed E-state index contributed by atoms with van der Waals surface area (Å²) < 4.78 is 27.4. The average Bonchev–Trinajstić information content (AvgIpc) is 2.59. The monoisotopic (exact) mass is 360 g/mol. The number of carbonyl (C=O) groups excluding carboxylic acids is 1. The van der Waals surface area contributed by atoms with Crippen molar-refractivity contribution >= 4 is 28.2 Å². The first-order valence-corrected chi connectivity index (χ1v) is 7.23. The first kappa shape index (κ1) is 17.1. The highest BCUT2D eigenvalue weighted by atomic mass is 19.1. The van der Waals surface area contributed by atoms with Gasteiger partial charge in [-0.15, -0.1) is 0 Å². The molecule has 1 aromatic heterocycles. The van der Waals surface area contributed by atoms with Crippen LogP contribution >= 0.6 is 0 Å². The van der Waals surface area contributed by atoms with E-state index in [1.54, 1.807) is 0 Å². The molecule has 0 aliphatic rings. The largest absolute Gasteiger partial charge is 0.322 e. The van der Waals surface area contributed by atoms with Gasteiger partial charge >= 0.3 is 0 Å². The Labute approximate surface area is 143 Å². The van der Waals surface area contributed by atoms with Crippen molar-refractivity contribution < 1.29 is 18.5 Å². The van der Waals surface area contributed by atoms with Crippen molar-refractivity contribution in [3.8, 4) is 0 Å². The molecule has 0 unspecified atom stereocenters. The number of non-ortho nitro benzene ring substituents is 1. The first-order valence-electron chi connectivity index (χ1n) is 7.23. The topological polar surface area (TPSA) is 107 Å². The maximum atomic E-state index is 13.6. The van der Waals surface area contributed by atoms with E-state index in [2.05, 4.69) is 10.3 Å². The molecule has 1 N–H and O–H groups in total. The van der Waals surface area contributed by atoms with Crippen LogP contribution in [-0.4, -0.2) is 20.4 Å². The summed E-state index contributed by atoms with van der Waals surface area (Å²) in [6.45, 7) is -0.499. The molecule has 1 amide bonds. The van der Waals surface area contributed by atoms with Crippen LogP contribution in [0.4, 0.5) is 20.2 Å². The van der Waals surface area contributed by atoms with E-state index in [9.17, 15) is 28.5 Å². The number of carbonyl (C=O) groups is 1. The number of nitrogens with one attached hydrogen (secondary N) is 1. The number of nitro groups is 1. The number of hydrogen-bond donors (Lipinski definition) is 1. The fourth-order valence-corrected chi connectivity index (χ4v) is 2.31. The lowest BCUT2D eigenvalue weighted by molar-refractivity contribution is -0.384. The van der Waals surface area contributed by atoms with Crippen LogP contribution in [-0.2, 0) is 11.3 Å². The van der Waals surface area contributed by atoms with Gasteiger partial charge in [0.1, 0.15) is 18.2 Å². The molecule has 132 valence electrons. The number of benzene rings is 2. The number of nitro benzene ring substituents is 1. The highest BCUT2D eigenvalue weighted by Gasteiger charge is 2.13. The normalized spacial score (nSPS) is 10.7. The van der Waals surface area contributed by atoms with Gasteiger partial charge in [-0.2, -0.15) is 0 Å². The Hall–Kier alpha value is -3.69. The number of amides is 1. The minimum atomic E-state index is -0.960. The minimum Gasteiger partial charge on any atom is -0.322 e. The SMILES string of the molecule is O=C(Cn1cnc2ccc([N+](=O)[O-])cc2c1=O)Nc1ccc(F)cc1F. The molecule has 0 aliphatic heterocycles.